The van der Waals surface area contributed by atoms with Gasteiger partial charge in [0, 0.05) is 23.5 Å². The Morgan fingerprint density at radius 3 is 2.41 bits per heavy atom. The lowest BCUT2D eigenvalue weighted by atomic mass is 10.2. The number of aryl methyl sites for hydroxylation is 2. The van der Waals surface area contributed by atoms with Crippen LogP contribution in [-0.4, -0.2) is 32.4 Å². The Kier molecular flexibility index (Phi) is 4.93. The van der Waals surface area contributed by atoms with Gasteiger partial charge >= 0.3 is 0 Å². The van der Waals surface area contributed by atoms with Gasteiger partial charge in [0.25, 0.3) is 0 Å². The average molecular weight is 428 g/mol. The second kappa shape index (κ2) is 7.67. The number of hydrogen-bond donors (Lipinski definition) is 0. The summed E-state index contributed by atoms with van der Waals surface area (Å²) in [5.74, 6) is 2.54. The molecule has 0 fully saturated rings. The third kappa shape index (κ3) is 3.87. The summed E-state index contributed by atoms with van der Waals surface area (Å²) in [7, 11) is 1.60. The fraction of sp³-hybridized carbons (Fsp3) is 0.167. The van der Waals surface area contributed by atoms with Gasteiger partial charge in [-0.05, 0) is 30.3 Å². The number of pyridine rings is 1. The summed E-state index contributed by atoms with van der Waals surface area (Å²) in [5, 5.41) is 7.98. The zero-order chi connectivity index (χ0) is 18.6. The second-order valence-corrected chi connectivity index (χ2v) is 6.50. The van der Waals surface area contributed by atoms with E-state index in [9.17, 15) is 0 Å². The van der Waals surface area contributed by atoms with Crippen LogP contribution < -0.4 is 4.74 Å². The number of nitrogens with zero attached hydrogens (tertiary/aromatic N) is 5. The van der Waals surface area contributed by atoms with Crippen molar-refractivity contribution in [1.82, 2.24) is 25.3 Å². The van der Waals surface area contributed by atoms with Gasteiger partial charge in [-0.15, -0.1) is 0 Å². The summed E-state index contributed by atoms with van der Waals surface area (Å²) in [6, 6.07) is 11.1. The number of halogens is 1. The predicted molar refractivity (Wildman–Crippen MR) is 98.9 cm³/mol. The summed E-state index contributed by atoms with van der Waals surface area (Å²) in [6.07, 6.45) is 2.65. The third-order valence-corrected chi connectivity index (χ3v) is 4.28. The molecule has 0 aliphatic heterocycles. The fourth-order valence-electron chi connectivity index (χ4n) is 2.48. The smallest absolute Gasteiger partial charge is 0.227 e. The van der Waals surface area contributed by atoms with E-state index in [-0.39, 0.29) is 0 Å². The Morgan fingerprint density at radius 1 is 0.963 bits per heavy atom. The maximum atomic E-state index is 5.37. The third-order valence-electron chi connectivity index (χ3n) is 3.79. The summed E-state index contributed by atoms with van der Waals surface area (Å²) >= 11 is 3.41. The van der Waals surface area contributed by atoms with E-state index in [2.05, 4.69) is 41.2 Å². The molecule has 0 spiro atoms. The van der Waals surface area contributed by atoms with Crippen molar-refractivity contribution in [3.8, 4) is 28.7 Å². The largest absolute Gasteiger partial charge is 0.496 e. The van der Waals surface area contributed by atoms with Crippen LogP contribution >= 0.6 is 15.9 Å². The highest BCUT2D eigenvalue weighted by Crippen LogP contribution is 2.30. The monoisotopic (exact) mass is 427 g/mol. The molecule has 27 heavy (non-hydrogen) atoms. The van der Waals surface area contributed by atoms with Crippen LogP contribution in [0, 0.1) is 0 Å². The van der Waals surface area contributed by atoms with Crippen LogP contribution in [0.15, 0.2) is 56.1 Å². The Hall–Kier alpha value is -3.07. The van der Waals surface area contributed by atoms with Crippen LogP contribution in [0.3, 0.4) is 0 Å². The molecule has 0 amide bonds. The molecule has 0 radical (unpaired) electrons. The molecule has 1 aromatic carbocycles. The van der Waals surface area contributed by atoms with Crippen molar-refractivity contribution in [2.24, 2.45) is 0 Å². The van der Waals surface area contributed by atoms with Crippen LogP contribution in [0.5, 0.6) is 5.75 Å². The molecule has 0 saturated heterocycles. The first kappa shape index (κ1) is 17.3. The van der Waals surface area contributed by atoms with Gasteiger partial charge < -0.3 is 13.8 Å². The summed E-state index contributed by atoms with van der Waals surface area (Å²) in [5.41, 5.74) is 1.42. The predicted octanol–water partition coefficient (Wildman–Crippen LogP) is 3.74. The molecular formula is C18H14BrN5O3. The van der Waals surface area contributed by atoms with Gasteiger partial charge in [-0.2, -0.15) is 9.97 Å². The maximum absolute atomic E-state index is 5.37. The molecule has 3 aromatic heterocycles. The molecule has 9 heteroatoms. The minimum absolute atomic E-state index is 0.455. The van der Waals surface area contributed by atoms with Crippen molar-refractivity contribution >= 4 is 15.9 Å². The van der Waals surface area contributed by atoms with Gasteiger partial charge in [0.2, 0.25) is 23.4 Å². The average Bonchev–Trinajstić information content (AvgIpc) is 3.36. The molecule has 0 unspecified atom stereocenters. The van der Waals surface area contributed by atoms with Gasteiger partial charge in [-0.1, -0.05) is 32.3 Å². The molecule has 0 atom stereocenters. The first-order chi connectivity index (χ1) is 13.2. The maximum Gasteiger partial charge on any atom is 0.227 e. The Labute approximate surface area is 162 Å². The molecule has 0 bridgehead atoms. The van der Waals surface area contributed by atoms with E-state index in [1.165, 1.54) is 0 Å². The molecule has 3 heterocycles. The number of hydrogen-bond acceptors (Lipinski definition) is 8. The number of benzene rings is 1. The van der Waals surface area contributed by atoms with Crippen LogP contribution in [0.1, 0.15) is 11.8 Å². The number of rotatable bonds is 6. The van der Waals surface area contributed by atoms with E-state index in [4.69, 9.17) is 13.8 Å². The van der Waals surface area contributed by atoms with E-state index in [0.29, 0.717) is 47.7 Å². The number of ether oxygens (including phenoxy) is 1. The molecule has 136 valence electrons. The first-order valence-electron chi connectivity index (χ1n) is 8.13. The van der Waals surface area contributed by atoms with Crippen molar-refractivity contribution in [1.29, 1.82) is 0 Å². The molecule has 0 aliphatic rings. The van der Waals surface area contributed by atoms with Gasteiger partial charge in [-0.3, -0.25) is 4.98 Å². The number of aromatic nitrogens is 5. The lowest BCUT2D eigenvalue weighted by molar-refractivity contribution is 0.354. The van der Waals surface area contributed by atoms with E-state index in [0.717, 1.165) is 10.0 Å². The SMILES string of the molecule is COc1cc(Br)ccc1-c1noc(CCc2nc(-c3ccccn3)no2)n1. The molecule has 4 rings (SSSR count). The molecular weight excluding hydrogens is 414 g/mol. The van der Waals surface area contributed by atoms with E-state index in [1.807, 2.05) is 36.4 Å². The van der Waals surface area contributed by atoms with Crippen LogP contribution in [0.25, 0.3) is 22.9 Å². The molecule has 0 N–H and O–H groups in total. The highest BCUT2D eigenvalue weighted by atomic mass is 79.9. The highest BCUT2D eigenvalue weighted by molar-refractivity contribution is 9.10. The second-order valence-electron chi connectivity index (χ2n) is 5.58. The van der Waals surface area contributed by atoms with Crippen LogP contribution in [0.4, 0.5) is 0 Å². The zero-order valence-electron chi connectivity index (χ0n) is 14.3. The van der Waals surface area contributed by atoms with Gasteiger partial charge in [0.05, 0.1) is 12.7 Å². The minimum atomic E-state index is 0.455. The van der Waals surface area contributed by atoms with Gasteiger partial charge in [-0.25, -0.2) is 0 Å². The molecule has 0 aliphatic carbocycles. The normalized spacial score (nSPS) is 10.9. The lowest BCUT2D eigenvalue weighted by Gasteiger charge is -2.04. The van der Waals surface area contributed by atoms with Crippen molar-refractivity contribution in [2.45, 2.75) is 12.8 Å². The Balaban J connectivity index is 1.46. The van der Waals surface area contributed by atoms with Crippen LogP contribution in [0.2, 0.25) is 0 Å². The summed E-state index contributed by atoms with van der Waals surface area (Å²) in [4.78, 5) is 13.0. The zero-order valence-corrected chi connectivity index (χ0v) is 15.9. The van der Waals surface area contributed by atoms with Crippen molar-refractivity contribution in [2.75, 3.05) is 7.11 Å². The van der Waals surface area contributed by atoms with E-state index < -0.39 is 0 Å². The van der Waals surface area contributed by atoms with Crippen molar-refractivity contribution < 1.29 is 13.8 Å². The minimum Gasteiger partial charge on any atom is -0.496 e. The van der Waals surface area contributed by atoms with Crippen molar-refractivity contribution in [3.05, 3.63) is 58.8 Å². The highest BCUT2D eigenvalue weighted by Gasteiger charge is 2.15. The quantitative estimate of drug-likeness (QED) is 0.458. The standard InChI is InChI=1S/C18H14BrN5O3/c1-25-14-10-11(19)5-6-12(14)17-21-15(26-23-17)7-8-16-22-18(24-27-16)13-4-2-3-9-20-13/h2-6,9-10H,7-8H2,1H3. The van der Waals surface area contributed by atoms with E-state index >= 15 is 0 Å². The Morgan fingerprint density at radius 2 is 1.70 bits per heavy atom. The molecule has 8 nitrogen and oxygen atoms in total. The summed E-state index contributed by atoms with van der Waals surface area (Å²) < 4.78 is 16.9. The molecule has 0 saturated carbocycles. The van der Waals surface area contributed by atoms with Crippen molar-refractivity contribution in [3.63, 3.8) is 0 Å². The van der Waals surface area contributed by atoms with E-state index in [1.54, 1.807) is 13.3 Å². The molecule has 4 aromatic rings. The first-order valence-corrected chi connectivity index (χ1v) is 8.93. The lowest BCUT2D eigenvalue weighted by Crippen LogP contribution is -1.93. The van der Waals surface area contributed by atoms with Gasteiger partial charge in [0.1, 0.15) is 11.4 Å². The van der Waals surface area contributed by atoms with Gasteiger partial charge in [0.15, 0.2) is 0 Å². The van der Waals surface area contributed by atoms with Crippen LogP contribution in [-0.2, 0) is 12.8 Å². The fourth-order valence-corrected chi connectivity index (χ4v) is 2.83. The Bertz CT molecular complexity index is 1050. The summed E-state index contributed by atoms with van der Waals surface area (Å²) in [6.45, 7) is 0. The topological polar surface area (TPSA) is 100.0 Å². The number of methoxy groups -OCH3 is 1.